The van der Waals surface area contributed by atoms with Crippen molar-refractivity contribution < 1.29 is 60.5 Å². The van der Waals surface area contributed by atoms with Crippen molar-refractivity contribution in [1.82, 2.24) is 14.6 Å². The van der Waals surface area contributed by atoms with Crippen LogP contribution in [0.5, 0.6) is 0 Å². The van der Waals surface area contributed by atoms with Crippen LogP contribution < -0.4 is 5.73 Å². The quantitative estimate of drug-likeness (QED) is 0.0297. The minimum atomic E-state index is -4.86. The SMILES string of the molecule is CCCCCCCCCCCCCCCCCCOC[C@H](COP(=O)(O)OC[C@H]1O[C@@](C)(c2ccc3c(N)ncnn23)[C@H](O)[C@@H]1O)OCc1cc(F)cc(C(F)(F)F)c1. The number of unbranched alkanes of at least 4 members (excludes halogenated alkanes) is 15. The topological polar surface area (TPSA) is 180 Å². The van der Waals surface area contributed by atoms with Crippen molar-refractivity contribution in [3.05, 3.63) is 59.3 Å². The lowest BCUT2D eigenvalue weighted by molar-refractivity contribution is -0.137. The van der Waals surface area contributed by atoms with Gasteiger partial charge >= 0.3 is 14.0 Å². The van der Waals surface area contributed by atoms with Crippen LogP contribution in [0.25, 0.3) is 5.52 Å². The van der Waals surface area contributed by atoms with Gasteiger partial charge in [0.1, 0.15) is 47.7 Å². The zero-order valence-corrected chi connectivity index (χ0v) is 35.2. The second kappa shape index (κ2) is 24.1. The van der Waals surface area contributed by atoms with Gasteiger partial charge in [0.25, 0.3) is 0 Å². The molecule has 0 radical (unpaired) electrons. The molecule has 2 aromatic heterocycles. The average Bonchev–Trinajstić information content (AvgIpc) is 3.73. The normalized spacial score (nSPS) is 21.3. The first-order valence-electron chi connectivity index (χ1n) is 20.9. The monoisotopic (exact) mass is 862 g/mol. The van der Waals surface area contributed by atoms with E-state index in [1.54, 1.807) is 12.1 Å². The number of hydrogen-bond donors (Lipinski definition) is 4. The summed E-state index contributed by atoms with van der Waals surface area (Å²) >= 11 is 0. The predicted molar refractivity (Wildman–Crippen MR) is 214 cm³/mol. The molecule has 1 aliphatic rings. The molecule has 4 rings (SSSR count). The molecule has 1 aromatic carbocycles. The molecule has 334 valence electrons. The van der Waals surface area contributed by atoms with Crippen LogP contribution in [0.3, 0.4) is 0 Å². The van der Waals surface area contributed by atoms with Gasteiger partial charge in [-0.1, -0.05) is 103 Å². The van der Waals surface area contributed by atoms with Crippen molar-refractivity contribution in [3.63, 3.8) is 0 Å². The molecule has 0 amide bonds. The van der Waals surface area contributed by atoms with E-state index in [4.69, 9.17) is 29.0 Å². The van der Waals surface area contributed by atoms with Gasteiger partial charge in [-0.2, -0.15) is 18.3 Å². The van der Waals surface area contributed by atoms with Gasteiger partial charge in [0.2, 0.25) is 0 Å². The number of hydrogen-bond acceptors (Lipinski definition) is 11. The highest BCUT2D eigenvalue weighted by Crippen LogP contribution is 2.46. The maximum Gasteiger partial charge on any atom is 0.472 e. The molecule has 0 bridgehead atoms. The van der Waals surface area contributed by atoms with Gasteiger partial charge in [-0.3, -0.25) is 9.05 Å². The molecule has 6 atom stereocenters. The van der Waals surface area contributed by atoms with Gasteiger partial charge in [0.15, 0.2) is 5.82 Å². The lowest BCUT2D eigenvalue weighted by Gasteiger charge is -2.27. The number of aliphatic hydroxyl groups is 2. The predicted octanol–water partition coefficient (Wildman–Crippen LogP) is 8.80. The molecule has 13 nitrogen and oxygen atoms in total. The number of phosphoric acid groups is 1. The number of rotatable bonds is 29. The highest BCUT2D eigenvalue weighted by Gasteiger charge is 2.54. The number of halogens is 4. The van der Waals surface area contributed by atoms with Crippen LogP contribution in [-0.2, 0) is 46.2 Å². The lowest BCUT2D eigenvalue weighted by atomic mass is 9.93. The molecule has 1 fully saturated rings. The maximum absolute atomic E-state index is 14.1. The summed E-state index contributed by atoms with van der Waals surface area (Å²) in [6, 6.07) is 5.24. The molecule has 1 unspecified atom stereocenters. The van der Waals surface area contributed by atoms with Crippen LogP contribution in [0, 0.1) is 5.82 Å². The maximum atomic E-state index is 14.1. The van der Waals surface area contributed by atoms with Gasteiger partial charge in [0, 0.05) is 6.61 Å². The Balaban J connectivity index is 1.21. The van der Waals surface area contributed by atoms with E-state index in [0.717, 1.165) is 37.8 Å². The summed E-state index contributed by atoms with van der Waals surface area (Å²) in [5.74, 6) is -0.921. The summed E-state index contributed by atoms with van der Waals surface area (Å²) < 4.78 is 96.1. The van der Waals surface area contributed by atoms with E-state index in [0.29, 0.717) is 23.9 Å². The van der Waals surface area contributed by atoms with Gasteiger partial charge < -0.3 is 35.1 Å². The van der Waals surface area contributed by atoms with Crippen molar-refractivity contribution in [2.75, 3.05) is 32.2 Å². The molecule has 3 heterocycles. The van der Waals surface area contributed by atoms with E-state index in [9.17, 15) is 37.2 Å². The fourth-order valence-corrected chi connectivity index (χ4v) is 8.03. The largest absolute Gasteiger partial charge is 0.472 e. The molecule has 0 spiro atoms. The third-order valence-electron chi connectivity index (χ3n) is 10.7. The highest BCUT2D eigenvalue weighted by atomic mass is 31.2. The molecule has 5 N–H and O–H groups in total. The van der Waals surface area contributed by atoms with E-state index >= 15 is 0 Å². The molecule has 0 saturated carbocycles. The Hall–Kier alpha value is -2.73. The van der Waals surface area contributed by atoms with Crippen LogP contribution in [0.2, 0.25) is 0 Å². The average molecular weight is 863 g/mol. The molecule has 1 aliphatic heterocycles. The first kappa shape index (κ1) is 48.9. The number of alkyl halides is 3. The van der Waals surface area contributed by atoms with Gasteiger partial charge in [-0.05, 0) is 49.2 Å². The number of benzene rings is 1. The number of phosphoric ester groups is 1. The summed E-state index contributed by atoms with van der Waals surface area (Å²) in [6.45, 7) is 2.21. The van der Waals surface area contributed by atoms with Crippen LogP contribution in [0.1, 0.15) is 133 Å². The van der Waals surface area contributed by atoms with Crippen molar-refractivity contribution in [1.29, 1.82) is 0 Å². The van der Waals surface area contributed by atoms with Crippen molar-refractivity contribution >= 4 is 19.2 Å². The van der Waals surface area contributed by atoms with Crippen molar-refractivity contribution in [3.8, 4) is 0 Å². The summed E-state index contributed by atoms with van der Waals surface area (Å²) in [6.07, 6.45) is 10.5. The number of aliphatic hydroxyl groups excluding tert-OH is 2. The minimum Gasteiger partial charge on any atom is -0.387 e. The van der Waals surface area contributed by atoms with E-state index in [-0.39, 0.29) is 18.0 Å². The highest BCUT2D eigenvalue weighted by molar-refractivity contribution is 7.47. The third kappa shape index (κ3) is 15.6. The molecular formula is C41H63F4N4O9P. The Bertz CT molecular complexity index is 1740. The molecule has 59 heavy (non-hydrogen) atoms. The number of nitrogens with zero attached hydrogens (tertiary/aromatic N) is 3. The number of nitrogens with two attached hydrogens (primary N) is 1. The molecule has 3 aromatic rings. The number of fused-ring (bicyclic) bond motifs is 1. The molecular weight excluding hydrogens is 799 g/mol. The molecule has 1 saturated heterocycles. The Morgan fingerprint density at radius 1 is 0.915 bits per heavy atom. The Morgan fingerprint density at radius 3 is 2.14 bits per heavy atom. The second-order valence-corrected chi connectivity index (χ2v) is 17.0. The fourth-order valence-electron chi connectivity index (χ4n) is 7.26. The lowest BCUT2D eigenvalue weighted by Crippen LogP contribution is -2.39. The minimum absolute atomic E-state index is 0.109. The number of ether oxygens (including phenoxy) is 3. The van der Waals surface area contributed by atoms with Crippen LogP contribution in [0.15, 0.2) is 36.7 Å². The Morgan fingerprint density at radius 2 is 1.53 bits per heavy atom. The molecule has 18 heteroatoms. The van der Waals surface area contributed by atoms with Crippen LogP contribution in [-0.4, -0.2) is 80.5 Å². The fraction of sp³-hybridized carbons (Fsp3) is 0.707. The zero-order chi connectivity index (χ0) is 42.9. The van der Waals surface area contributed by atoms with E-state index < -0.39 is 75.2 Å². The summed E-state index contributed by atoms with van der Waals surface area (Å²) in [5.41, 5.74) is 3.86. The number of nitrogen functional groups attached to an aromatic ring is 1. The van der Waals surface area contributed by atoms with E-state index in [1.807, 2.05) is 0 Å². The number of aromatic nitrogens is 3. The van der Waals surface area contributed by atoms with Gasteiger partial charge in [0.05, 0.1) is 37.7 Å². The smallest absolute Gasteiger partial charge is 0.387 e. The summed E-state index contributed by atoms with van der Waals surface area (Å²) in [4.78, 5) is 14.5. The van der Waals surface area contributed by atoms with E-state index in [2.05, 4.69) is 17.0 Å². The van der Waals surface area contributed by atoms with Crippen molar-refractivity contribution in [2.45, 2.75) is 159 Å². The number of anilines is 1. The zero-order valence-electron chi connectivity index (χ0n) is 34.3. The van der Waals surface area contributed by atoms with Crippen molar-refractivity contribution in [2.24, 2.45) is 0 Å². The summed E-state index contributed by atoms with van der Waals surface area (Å²) in [7, 11) is -4.86. The summed E-state index contributed by atoms with van der Waals surface area (Å²) in [5, 5.41) is 25.9. The first-order valence-corrected chi connectivity index (χ1v) is 22.4. The Kier molecular flexibility index (Phi) is 19.9. The standard InChI is InChI=1S/C41H63F4N4O9P/c1-3-4-5-6-7-8-9-10-11-12-13-14-15-16-17-18-21-54-26-33(55-25-30-22-31(41(43,44)45)24-32(42)23-30)27-56-59(52,53)57-28-35-37(50)38(51)40(2,58-35)36-20-19-34-39(46)47-29-48-49(34)36/h19-20,22-24,29,33,35,37-38,50-51H,3-18,21,25-28H2,1-2H3,(H,52,53)(H2,46,47,48)/t33-,35-,37-,38-,40+/m1/s1. The van der Waals surface area contributed by atoms with Crippen LogP contribution in [0.4, 0.5) is 23.4 Å². The third-order valence-corrected chi connectivity index (χ3v) is 11.6. The Labute approximate surface area is 344 Å². The van der Waals surface area contributed by atoms with Gasteiger partial charge in [-0.25, -0.2) is 18.5 Å². The van der Waals surface area contributed by atoms with Gasteiger partial charge in [-0.15, -0.1) is 0 Å². The van der Waals surface area contributed by atoms with Crippen LogP contribution >= 0.6 is 7.82 Å². The second-order valence-electron chi connectivity index (χ2n) is 15.6. The first-order chi connectivity index (χ1) is 28.1. The molecule has 0 aliphatic carbocycles. The van der Waals surface area contributed by atoms with E-state index in [1.165, 1.54) is 94.8 Å².